The summed E-state index contributed by atoms with van der Waals surface area (Å²) >= 11 is -0.533. The van der Waals surface area contributed by atoms with Crippen LogP contribution in [0.25, 0.3) is 0 Å². The number of halogens is 3. The van der Waals surface area contributed by atoms with Gasteiger partial charge in [0.15, 0.2) is 0 Å². The van der Waals surface area contributed by atoms with Crippen molar-refractivity contribution in [3.63, 3.8) is 0 Å². The van der Waals surface area contributed by atoms with E-state index in [0.29, 0.717) is 5.56 Å². The molecule has 3 nitrogen and oxygen atoms in total. The quantitative estimate of drug-likeness (QED) is 0.830. The highest BCUT2D eigenvalue weighted by atomic mass is 32.2. The van der Waals surface area contributed by atoms with Crippen LogP contribution in [0.4, 0.5) is 13.2 Å². The first-order valence-electron chi connectivity index (χ1n) is 4.28. The number of thioether (sulfide) groups is 1. The van der Waals surface area contributed by atoms with Gasteiger partial charge in [-0.15, -0.1) is 0 Å². The molecule has 0 radical (unpaired) electrons. The van der Waals surface area contributed by atoms with E-state index in [2.05, 4.69) is 0 Å². The third-order valence-corrected chi connectivity index (χ3v) is 2.58. The third kappa shape index (κ3) is 3.39. The minimum Gasteiger partial charge on any atom is -0.478 e. The highest BCUT2D eigenvalue weighted by Crippen LogP contribution is 2.39. The van der Waals surface area contributed by atoms with E-state index >= 15 is 0 Å². The van der Waals surface area contributed by atoms with Crippen LogP contribution in [0.5, 0.6) is 0 Å². The molecule has 1 aromatic carbocycles. The molecule has 90 valence electrons. The molecule has 1 N–H and O–H groups in total. The lowest BCUT2D eigenvalue weighted by Crippen LogP contribution is -2.07. The monoisotopic (exact) mass is 261 g/mol. The van der Waals surface area contributed by atoms with Crippen LogP contribution >= 0.6 is 11.8 Å². The molecule has 0 unspecified atom stereocenters. The number of alkyl halides is 3. The lowest BCUT2D eigenvalue weighted by molar-refractivity contribution is -0.0328. The summed E-state index contributed by atoms with van der Waals surface area (Å²) in [6.45, 7) is 1.49. The molecule has 0 saturated carbocycles. The second-order valence-electron chi connectivity index (χ2n) is 3.15. The van der Waals surface area contributed by atoms with Gasteiger partial charge in [0.1, 0.15) is 6.07 Å². The zero-order valence-corrected chi connectivity index (χ0v) is 9.32. The number of nitriles is 1. The number of aryl methyl sites for hydroxylation is 1. The Morgan fingerprint density at radius 2 is 2.06 bits per heavy atom. The first kappa shape index (κ1) is 13.4. The molecule has 7 heteroatoms. The Labute approximate surface area is 98.9 Å². The van der Waals surface area contributed by atoms with E-state index in [1.807, 2.05) is 0 Å². The third-order valence-electron chi connectivity index (χ3n) is 1.81. The zero-order valence-electron chi connectivity index (χ0n) is 8.50. The summed E-state index contributed by atoms with van der Waals surface area (Å²) in [5.41, 5.74) is -5.08. The van der Waals surface area contributed by atoms with Crippen molar-refractivity contribution in [1.29, 1.82) is 5.26 Å². The van der Waals surface area contributed by atoms with Crippen LogP contribution in [-0.2, 0) is 0 Å². The van der Waals surface area contributed by atoms with Crippen molar-refractivity contribution in [3.8, 4) is 6.07 Å². The molecule has 0 aromatic heterocycles. The SMILES string of the molecule is Cc1cc(C#N)c(C(=O)O)c(SC(F)(F)F)c1. The van der Waals surface area contributed by atoms with Gasteiger partial charge in [-0.25, -0.2) is 4.79 Å². The molecule has 0 aliphatic carbocycles. The number of rotatable bonds is 2. The van der Waals surface area contributed by atoms with Gasteiger partial charge in [-0.2, -0.15) is 18.4 Å². The standard InChI is InChI=1S/C10H6F3NO2S/c1-5-2-6(4-14)8(9(15)16)7(3-5)17-10(11,12)13/h2-3H,1H3,(H,15,16). The number of hydrogen-bond donors (Lipinski definition) is 1. The summed E-state index contributed by atoms with van der Waals surface area (Å²) in [6.07, 6.45) is 0. The maximum absolute atomic E-state index is 12.2. The van der Waals surface area contributed by atoms with Crippen molar-refractivity contribution < 1.29 is 23.1 Å². The predicted molar refractivity (Wildman–Crippen MR) is 54.8 cm³/mol. The maximum atomic E-state index is 12.2. The van der Waals surface area contributed by atoms with Crippen LogP contribution in [0.15, 0.2) is 17.0 Å². The zero-order chi connectivity index (χ0) is 13.2. The van der Waals surface area contributed by atoms with E-state index in [-0.39, 0.29) is 5.56 Å². The van der Waals surface area contributed by atoms with Crippen molar-refractivity contribution in [2.45, 2.75) is 17.3 Å². The van der Waals surface area contributed by atoms with Crippen molar-refractivity contribution >= 4 is 17.7 Å². The summed E-state index contributed by atoms with van der Waals surface area (Å²) in [4.78, 5) is 10.4. The molecule has 17 heavy (non-hydrogen) atoms. The number of benzene rings is 1. The first-order valence-corrected chi connectivity index (χ1v) is 5.10. The summed E-state index contributed by atoms with van der Waals surface area (Å²) in [7, 11) is 0. The normalized spacial score (nSPS) is 11.0. The minimum absolute atomic E-state index is 0.274. The second kappa shape index (κ2) is 4.67. The van der Waals surface area contributed by atoms with Crippen LogP contribution in [-0.4, -0.2) is 16.6 Å². The van der Waals surface area contributed by atoms with Gasteiger partial charge < -0.3 is 5.11 Å². The highest BCUT2D eigenvalue weighted by Gasteiger charge is 2.32. The van der Waals surface area contributed by atoms with Gasteiger partial charge in [0, 0.05) is 4.90 Å². The molecule has 0 saturated heterocycles. The van der Waals surface area contributed by atoms with Crippen LogP contribution in [0.2, 0.25) is 0 Å². The Morgan fingerprint density at radius 1 is 1.47 bits per heavy atom. The number of aromatic carboxylic acids is 1. The van der Waals surface area contributed by atoms with Crippen molar-refractivity contribution in [3.05, 3.63) is 28.8 Å². The largest absolute Gasteiger partial charge is 0.478 e. The number of carboxylic acids is 1. The van der Waals surface area contributed by atoms with Crippen LogP contribution in [0, 0.1) is 18.3 Å². The van der Waals surface area contributed by atoms with Gasteiger partial charge in [0.05, 0.1) is 11.1 Å². The Hall–Kier alpha value is -1.68. The van der Waals surface area contributed by atoms with E-state index in [4.69, 9.17) is 10.4 Å². The van der Waals surface area contributed by atoms with Crippen LogP contribution in [0.1, 0.15) is 21.5 Å². The number of carbonyl (C=O) groups is 1. The molecule has 0 heterocycles. The first-order chi connectivity index (χ1) is 7.74. The highest BCUT2D eigenvalue weighted by molar-refractivity contribution is 8.00. The van der Waals surface area contributed by atoms with Gasteiger partial charge in [-0.05, 0) is 36.4 Å². The Bertz CT molecular complexity index is 505. The van der Waals surface area contributed by atoms with Crippen LogP contribution < -0.4 is 0 Å². The van der Waals surface area contributed by atoms with E-state index in [1.165, 1.54) is 13.0 Å². The molecular formula is C10H6F3NO2S. The van der Waals surface area contributed by atoms with Crippen LogP contribution in [0.3, 0.4) is 0 Å². The van der Waals surface area contributed by atoms with E-state index in [1.54, 1.807) is 6.07 Å². The summed E-state index contributed by atoms with van der Waals surface area (Å²) < 4.78 is 36.7. The van der Waals surface area contributed by atoms with Gasteiger partial charge in [0.25, 0.3) is 0 Å². The summed E-state index contributed by atoms with van der Waals surface area (Å²) in [6, 6.07) is 3.92. The topological polar surface area (TPSA) is 61.1 Å². The molecule has 1 aromatic rings. The van der Waals surface area contributed by atoms with E-state index in [0.717, 1.165) is 6.07 Å². The molecule has 1 rings (SSSR count). The summed E-state index contributed by atoms with van der Waals surface area (Å²) in [5, 5.41) is 17.5. The predicted octanol–water partition coefficient (Wildman–Crippen LogP) is 3.18. The Balaban J connectivity index is 3.42. The van der Waals surface area contributed by atoms with Gasteiger partial charge in [0.2, 0.25) is 0 Å². The fourth-order valence-corrected chi connectivity index (χ4v) is 2.06. The van der Waals surface area contributed by atoms with E-state index in [9.17, 15) is 18.0 Å². The Kier molecular flexibility index (Phi) is 3.68. The average Bonchev–Trinajstić information content (AvgIpc) is 2.12. The molecule has 0 atom stereocenters. The molecule has 0 spiro atoms. The molecular weight excluding hydrogens is 255 g/mol. The number of nitrogens with zero attached hydrogens (tertiary/aromatic N) is 1. The average molecular weight is 261 g/mol. The van der Waals surface area contributed by atoms with Crippen molar-refractivity contribution in [2.75, 3.05) is 0 Å². The van der Waals surface area contributed by atoms with Crippen molar-refractivity contribution in [2.24, 2.45) is 0 Å². The van der Waals surface area contributed by atoms with Crippen molar-refractivity contribution in [1.82, 2.24) is 0 Å². The molecule has 0 amide bonds. The Morgan fingerprint density at radius 3 is 2.47 bits per heavy atom. The molecule has 0 aliphatic rings. The van der Waals surface area contributed by atoms with Gasteiger partial charge in [-0.3, -0.25) is 0 Å². The second-order valence-corrected chi connectivity index (χ2v) is 4.26. The molecule has 0 bridgehead atoms. The number of hydrogen-bond acceptors (Lipinski definition) is 3. The maximum Gasteiger partial charge on any atom is 0.446 e. The minimum atomic E-state index is -4.59. The van der Waals surface area contributed by atoms with Gasteiger partial charge >= 0.3 is 11.5 Å². The smallest absolute Gasteiger partial charge is 0.446 e. The fourth-order valence-electron chi connectivity index (χ4n) is 1.27. The lowest BCUT2D eigenvalue weighted by atomic mass is 10.1. The molecule has 0 aliphatic heterocycles. The van der Waals surface area contributed by atoms with Gasteiger partial charge in [-0.1, -0.05) is 0 Å². The summed E-state index contributed by atoms with van der Waals surface area (Å²) in [5.74, 6) is -1.55. The lowest BCUT2D eigenvalue weighted by Gasteiger charge is -2.10. The number of carboxylic acid groups (broad SMARTS) is 1. The molecule has 0 fully saturated rings. The fraction of sp³-hybridized carbons (Fsp3) is 0.200. The van der Waals surface area contributed by atoms with E-state index < -0.39 is 33.7 Å².